The second-order valence-electron chi connectivity index (χ2n) is 7.56. The number of Topliss-reactive ketones (excluding diaryl/α,β-unsaturated/α-hetero) is 1. The number of carboxylic acid groups (broad SMARTS) is 1. The predicted molar refractivity (Wildman–Crippen MR) is 103 cm³/mol. The van der Waals surface area contributed by atoms with Crippen LogP contribution in [0.4, 0.5) is 0 Å². The Morgan fingerprint density at radius 1 is 0.815 bits per heavy atom. The van der Waals surface area contributed by atoms with Gasteiger partial charge in [0.05, 0.1) is 12.6 Å². The molecule has 6 heteroatoms. The monoisotopic (exact) mass is 387 g/mol. The first kappa shape index (κ1) is 26.0. The molecule has 0 aliphatic heterocycles. The van der Waals surface area contributed by atoms with Crippen LogP contribution in [0.3, 0.4) is 0 Å². The van der Waals surface area contributed by atoms with E-state index in [-0.39, 0.29) is 6.42 Å². The van der Waals surface area contributed by atoms with Gasteiger partial charge in [-0.15, -0.1) is 0 Å². The number of carbonyl (C=O) groups is 2. The quantitative estimate of drug-likeness (QED) is 0.231. The van der Waals surface area contributed by atoms with Gasteiger partial charge in [-0.2, -0.15) is 0 Å². The summed E-state index contributed by atoms with van der Waals surface area (Å²) in [6.07, 6.45) is 13.7. The minimum atomic E-state index is -2.72. The zero-order valence-corrected chi connectivity index (χ0v) is 17.0. The number of aliphatic carboxylic acids is 1. The first-order valence-electron chi connectivity index (χ1n) is 10.7. The molecule has 27 heavy (non-hydrogen) atoms. The molecule has 6 nitrogen and oxygen atoms in total. The summed E-state index contributed by atoms with van der Waals surface area (Å²) in [7, 11) is 0. The SMILES string of the molecule is CCCCCCCCCCCCCCCCC(O)(C(=O)[O-])C(=O)C(O)CO. The summed E-state index contributed by atoms with van der Waals surface area (Å²) in [4.78, 5) is 22.8. The number of aliphatic hydroxyl groups is 3. The summed E-state index contributed by atoms with van der Waals surface area (Å²) in [6.45, 7) is 1.30. The number of rotatable bonds is 19. The maximum Gasteiger partial charge on any atom is 0.200 e. The van der Waals surface area contributed by atoms with E-state index in [9.17, 15) is 24.9 Å². The highest BCUT2D eigenvalue weighted by atomic mass is 16.4. The van der Waals surface area contributed by atoms with E-state index in [0.29, 0.717) is 12.8 Å². The highest BCUT2D eigenvalue weighted by Crippen LogP contribution is 2.19. The van der Waals surface area contributed by atoms with Gasteiger partial charge in [-0.1, -0.05) is 90.4 Å². The Kier molecular flexibility index (Phi) is 15.4. The Morgan fingerprint density at radius 3 is 1.52 bits per heavy atom. The fourth-order valence-electron chi connectivity index (χ4n) is 3.26. The number of ketones is 1. The largest absolute Gasteiger partial charge is 0.547 e. The Bertz CT molecular complexity index is 398. The number of carbonyl (C=O) groups excluding carboxylic acids is 2. The minimum absolute atomic E-state index is 0.302. The Labute approximate surface area is 164 Å². The molecule has 0 bridgehead atoms. The van der Waals surface area contributed by atoms with E-state index in [0.717, 1.165) is 19.3 Å². The molecule has 0 radical (unpaired) electrons. The molecular weight excluding hydrogens is 348 g/mol. The van der Waals surface area contributed by atoms with E-state index in [1.807, 2.05) is 0 Å². The molecule has 0 saturated heterocycles. The Balaban J connectivity index is 3.69. The first-order chi connectivity index (χ1) is 12.9. The van der Waals surface area contributed by atoms with Crippen molar-refractivity contribution in [1.29, 1.82) is 0 Å². The van der Waals surface area contributed by atoms with Crippen LogP contribution in [-0.4, -0.2) is 45.4 Å². The maximum atomic E-state index is 11.7. The average Bonchev–Trinajstić information content (AvgIpc) is 2.66. The van der Waals surface area contributed by atoms with Crippen LogP contribution >= 0.6 is 0 Å². The standard InChI is InChI=1S/C21H40O6/c1-2-3-4-5-6-7-8-9-10-11-12-13-14-15-16-21(27,20(25)26)19(24)18(23)17-22/h18,22-23,27H,2-17H2,1H3,(H,25,26)/p-1. The van der Waals surface area contributed by atoms with Crippen LogP contribution in [0.1, 0.15) is 103 Å². The lowest BCUT2D eigenvalue weighted by molar-refractivity contribution is -0.322. The molecule has 0 rings (SSSR count). The van der Waals surface area contributed by atoms with Crippen molar-refractivity contribution in [3.63, 3.8) is 0 Å². The van der Waals surface area contributed by atoms with E-state index < -0.39 is 30.1 Å². The van der Waals surface area contributed by atoms with Crippen LogP contribution in [-0.2, 0) is 9.59 Å². The Morgan fingerprint density at radius 2 is 1.19 bits per heavy atom. The Hall–Kier alpha value is -0.980. The lowest BCUT2D eigenvalue weighted by atomic mass is 9.88. The van der Waals surface area contributed by atoms with Gasteiger partial charge in [-0.25, -0.2) is 0 Å². The normalized spacial score (nSPS) is 14.7. The van der Waals surface area contributed by atoms with Crippen molar-refractivity contribution in [2.24, 2.45) is 0 Å². The van der Waals surface area contributed by atoms with Gasteiger partial charge in [0.2, 0.25) is 5.78 Å². The number of aliphatic hydroxyl groups excluding tert-OH is 2. The van der Waals surface area contributed by atoms with Crippen molar-refractivity contribution in [2.45, 2.75) is 115 Å². The van der Waals surface area contributed by atoms with Gasteiger partial charge in [0.1, 0.15) is 6.10 Å². The third-order valence-electron chi connectivity index (χ3n) is 5.11. The van der Waals surface area contributed by atoms with E-state index in [1.165, 1.54) is 57.8 Å². The topological polar surface area (TPSA) is 118 Å². The van der Waals surface area contributed by atoms with Crippen LogP contribution in [0, 0.1) is 0 Å². The van der Waals surface area contributed by atoms with Crippen LogP contribution in [0.15, 0.2) is 0 Å². The van der Waals surface area contributed by atoms with E-state index in [2.05, 4.69) is 6.92 Å². The third-order valence-corrected chi connectivity index (χ3v) is 5.11. The van der Waals surface area contributed by atoms with Gasteiger partial charge >= 0.3 is 0 Å². The summed E-state index contributed by atoms with van der Waals surface area (Å²) >= 11 is 0. The smallest absolute Gasteiger partial charge is 0.200 e. The van der Waals surface area contributed by atoms with E-state index in [4.69, 9.17) is 5.11 Å². The molecule has 0 aliphatic rings. The summed E-state index contributed by atoms with van der Waals surface area (Å²) in [5, 5.41) is 39.1. The molecule has 3 N–H and O–H groups in total. The van der Waals surface area contributed by atoms with Gasteiger partial charge in [-0.05, 0) is 12.8 Å². The molecule has 0 spiro atoms. The summed E-state index contributed by atoms with van der Waals surface area (Å²) < 4.78 is 0. The molecule has 0 aromatic carbocycles. The van der Waals surface area contributed by atoms with Gasteiger partial charge in [0, 0.05) is 0 Å². The zero-order valence-electron chi connectivity index (χ0n) is 17.0. The van der Waals surface area contributed by atoms with Crippen molar-refractivity contribution in [1.82, 2.24) is 0 Å². The van der Waals surface area contributed by atoms with Crippen molar-refractivity contribution < 1.29 is 30.0 Å². The van der Waals surface area contributed by atoms with Crippen molar-refractivity contribution in [3.8, 4) is 0 Å². The molecule has 0 aliphatic carbocycles. The predicted octanol–water partition coefficient (Wildman–Crippen LogP) is 2.26. The fraction of sp³-hybridized carbons (Fsp3) is 0.905. The van der Waals surface area contributed by atoms with Crippen LogP contribution in [0.2, 0.25) is 0 Å². The number of hydrogen-bond donors (Lipinski definition) is 3. The highest BCUT2D eigenvalue weighted by molar-refractivity contribution is 6.07. The van der Waals surface area contributed by atoms with Gasteiger partial charge in [-0.3, -0.25) is 4.79 Å². The highest BCUT2D eigenvalue weighted by Gasteiger charge is 2.40. The van der Waals surface area contributed by atoms with Crippen molar-refractivity contribution >= 4 is 11.8 Å². The molecule has 0 fully saturated rings. The summed E-state index contributed by atoms with van der Waals surface area (Å²) in [5.74, 6) is -3.23. The second-order valence-corrected chi connectivity index (χ2v) is 7.56. The van der Waals surface area contributed by atoms with Gasteiger partial charge in [0.25, 0.3) is 0 Å². The second kappa shape index (κ2) is 16.0. The van der Waals surface area contributed by atoms with Crippen LogP contribution in [0.25, 0.3) is 0 Å². The fourth-order valence-corrected chi connectivity index (χ4v) is 3.26. The molecule has 0 amide bonds. The molecule has 0 aromatic heterocycles. The lowest BCUT2D eigenvalue weighted by Crippen LogP contribution is -2.57. The van der Waals surface area contributed by atoms with E-state index >= 15 is 0 Å². The molecule has 2 unspecified atom stereocenters. The zero-order chi connectivity index (χ0) is 20.5. The molecule has 2 atom stereocenters. The summed E-state index contributed by atoms with van der Waals surface area (Å²) in [6, 6.07) is 0. The van der Waals surface area contributed by atoms with E-state index in [1.54, 1.807) is 0 Å². The number of carboxylic acids is 1. The van der Waals surface area contributed by atoms with Crippen LogP contribution < -0.4 is 5.11 Å². The van der Waals surface area contributed by atoms with Crippen molar-refractivity contribution in [2.75, 3.05) is 6.61 Å². The molecular formula is C21H39O6-. The van der Waals surface area contributed by atoms with Gasteiger partial charge < -0.3 is 25.2 Å². The number of hydrogen-bond acceptors (Lipinski definition) is 6. The number of unbranched alkanes of at least 4 members (excludes halogenated alkanes) is 13. The van der Waals surface area contributed by atoms with Crippen LogP contribution in [0.5, 0.6) is 0 Å². The minimum Gasteiger partial charge on any atom is -0.547 e. The molecule has 0 aromatic rings. The molecule has 0 saturated carbocycles. The molecule has 0 heterocycles. The average molecular weight is 388 g/mol. The maximum absolute atomic E-state index is 11.7. The first-order valence-corrected chi connectivity index (χ1v) is 10.7. The summed E-state index contributed by atoms with van der Waals surface area (Å²) in [5.41, 5.74) is -2.72. The third kappa shape index (κ3) is 11.5. The lowest BCUT2D eigenvalue weighted by Gasteiger charge is -2.29. The van der Waals surface area contributed by atoms with Gasteiger partial charge in [0.15, 0.2) is 5.60 Å². The van der Waals surface area contributed by atoms with Crippen molar-refractivity contribution in [3.05, 3.63) is 0 Å². The molecule has 160 valence electrons.